The first-order chi connectivity index (χ1) is 5.93. The van der Waals surface area contributed by atoms with Crippen LogP contribution in [-0.4, -0.2) is 35.9 Å². The number of carbonyl (C=O) groups is 2. The van der Waals surface area contributed by atoms with E-state index in [9.17, 15) is 14.7 Å². The molecule has 0 aliphatic carbocycles. The first kappa shape index (κ1) is 11.9. The zero-order valence-electron chi connectivity index (χ0n) is 7.94. The fourth-order valence-electron chi connectivity index (χ4n) is 0.679. The van der Waals surface area contributed by atoms with Crippen molar-refractivity contribution >= 4 is 11.9 Å². The van der Waals surface area contributed by atoms with E-state index < -0.39 is 24.1 Å². The number of rotatable bonds is 4. The Hall–Kier alpha value is -1.10. The van der Waals surface area contributed by atoms with Gasteiger partial charge in [-0.3, -0.25) is 9.59 Å². The van der Waals surface area contributed by atoms with Crippen molar-refractivity contribution in [2.45, 2.75) is 33.0 Å². The van der Waals surface area contributed by atoms with Crippen LogP contribution in [0.15, 0.2) is 0 Å². The predicted molar refractivity (Wildman–Crippen MR) is 43.9 cm³/mol. The molecule has 0 aliphatic rings. The van der Waals surface area contributed by atoms with Crippen molar-refractivity contribution in [3.05, 3.63) is 0 Å². The highest BCUT2D eigenvalue weighted by molar-refractivity contribution is 5.66. The Morgan fingerprint density at radius 1 is 1.31 bits per heavy atom. The van der Waals surface area contributed by atoms with Gasteiger partial charge >= 0.3 is 11.9 Å². The molecule has 2 atom stereocenters. The molecular formula is C8H14O5. The number of hydrogen-bond donors (Lipinski definition) is 1. The standard InChI is InChI=1S/C8H14O5/c1-5(13-7(3)10)8(11)4-12-6(2)9/h5,8,11H,4H2,1-3H3/t5-,8?/m1/s1. The molecule has 13 heavy (non-hydrogen) atoms. The zero-order chi connectivity index (χ0) is 10.4. The first-order valence-corrected chi connectivity index (χ1v) is 3.92. The molecule has 1 N–H and O–H groups in total. The number of hydrogen-bond acceptors (Lipinski definition) is 5. The Labute approximate surface area is 76.6 Å². The number of aliphatic hydroxyl groups is 1. The summed E-state index contributed by atoms with van der Waals surface area (Å²) in [4.78, 5) is 20.8. The molecule has 0 aromatic heterocycles. The summed E-state index contributed by atoms with van der Waals surface area (Å²) in [6.45, 7) is 3.84. The van der Waals surface area contributed by atoms with Crippen molar-refractivity contribution in [1.82, 2.24) is 0 Å². The second kappa shape index (κ2) is 5.53. The molecule has 0 bridgehead atoms. The monoisotopic (exact) mass is 190 g/mol. The van der Waals surface area contributed by atoms with Crippen LogP contribution >= 0.6 is 0 Å². The average Bonchev–Trinajstić information content (AvgIpc) is 1.98. The van der Waals surface area contributed by atoms with Crippen LogP contribution in [0.1, 0.15) is 20.8 Å². The Bertz CT molecular complexity index is 189. The van der Waals surface area contributed by atoms with Gasteiger partial charge in [-0.05, 0) is 6.92 Å². The van der Waals surface area contributed by atoms with Crippen molar-refractivity contribution in [3.63, 3.8) is 0 Å². The summed E-state index contributed by atoms with van der Waals surface area (Å²) in [6, 6.07) is 0. The van der Waals surface area contributed by atoms with E-state index in [2.05, 4.69) is 9.47 Å². The Kier molecular flexibility index (Phi) is 5.06. The van der Waals surface area contributed by atoms with Crippen LogP contribution < -0.4 is 0 Å². The third-order valence-corrected chi connectivity index (χ3v) is 1.35. The molecule has 0 heterocycles. The van der Waals surface area contributed by atoms with Crippen LogP contribution in [0.5, 0.6) is 0 Å². The molecule has 0 aromatic rings. The molecule has 76 valence electrons. The lowest BCUT2D eigenvalue weighted by atomic mass is 10.2. The Morgan fingerprint density at radius 2 is 1.85 bits per heavy atom. The van der Waals surface area contributed by atoms with Gasteiger partial charge in [-0.1, -0.05) is 0 Å². The van der Waals surface area contributed by atoms with Gasteiger partial charge in [-0.15, -0.1) is 0 Å². The van der Waals surface area contributed by atoms with Crippen LogP contribution in [0.2, 0.25) is 0 Å². The van der Waals surface area contributed by atoms with E-state index in [1.165, 1.54) is 20.8 Å². The molecule has 0 radical (unpaired) electrons. The SMILES string of the molecule is CC(=O)OCC(O)[C@@H](C)OC(C)=O. The van der Waals surface area contributed by atoms with Gasteiger partial charge in [0, 0.05) is 13.8 Å². The van der Waals surface area contributed by atoms with Crippen LogP contribution in [0.3, 0.4) is 0 Å². The van der Waals surface area contributed by atoms with E-state index in [-0.39, 0.29) is 6.61 Å². The second-order valence-electron chi connectivity index (χ2n) is 2.68. The Morgan fingerprint density at radius 3 is 2.23 bits per heavy atom. The minimum absolute atomic E-state index is 0.163. The maximum absolute atomic E-state index is 10.5. The normalized spacial score (nSPS) is 14.5. The smallest absolute Gasteiger partial charge is 0.302 e. The molecule has 0 rings (SSSR count). The van der Waals surface area contributed by atoms with Crippen molar-refractivity contribution in [2.75, 3.05) is 6.61 Å². The van der Waals surface area contributed by atoms with Gasteiger partial charge in [0.25, 0.3) is 0 Å². The molecule has 0 spiro atoms. The summed E-state index contributed by atoms with van der Waals surface area (Å²) < 4.78 is 9.19. The molecule has 0 saturated carbocycles. The molecule has 1 unspecified atom stereocenters. The lowest BCUT2D eigenvalue weighted by Crippen LogP contribution is -2.32. The topological polar surface area (TPSA) is 72.8 Å². The van der Waals surface area contributed by atoms with Crippen LogP contribution in [0.25, 0.3) is 0 Å². The van der Waals surface area contributed by atoms with E-state index in [1.807, 2.05) is 0 Å². The van der Waals surface area contributed by atoms with Gasteiger partial charge in [-0.2, -0.15) is 0 Å². The molecule has 5 nitrogen and oxygen atoms in total. The number of aliphatic hydroxyl groups excluding tert-OH is 1. The average molecular weight is 190 g/mol. The van der Waals surface area contributed by atoms with Crippen LogP contribution in [0, 0.1) is 0 Å². The highest BCUT2D eigenvalue weighted by Gasteiger charge is 2.17. The minimum Gasteiger partial charge on any atom is -0.463 e. The van der Waals surface area contributed by atoms with Gasteiger partial charge in [0.2, 0.25) is 0 Å². The molecule has 0 fully saturated rings. The Balaban J connectivity index is 3.75. The molecule has 0 saturated heterocycles. The highest BCUT2D eigenvalue weighted by atomic mass is 16.6. The lowest BCUT2D eigenvalue weighted by Gasteiger charge is -2.17. The van der Waals surface area contributed by atoms with Crippen molar-refractivity contribution < 1.29 is 24.2 Å². The first-order valence-electron chi connectivity index (χ1n) is 3.92. The van der Waals surface area contributed by atoms with E-state index >= 15 is 0 Å². The van der Waals surface area contributed by atoms with Crippen molar-refractivity contribution in [3.8, 4) is 0 Å². The van der Waals surface area contributed by atoms with E-state index in [0.29, 0.717) is 0 Å². The van der Waals surface area contributed by atoms with E-state index in [4.69, 9.17) is 0 Å². The largest absolute Gasteiger partial charge is 0.463 e. The molecule has 0 amide bonds. The fourth-order valence-corrected chi connectivity index (χ4v) is 0.679. The molecule has 0 aromatic carbocycles. The molecule has 5 heteroatoms. The summed E-state index contributed by atoms with van der Waals surface area (Å²) in [7, 11) is 0. The van der Waals surface area contributed by atoms with Crippen molar-refractivity contribution in [1.29, 1.82) is 0 Å². The van der Waals surface area contributed by atoms with Crippen molar-refractivity contribution in [2.24, 2.45) is 0 Å². The summed E-state index contributed by atoms with van der Waals surface area (Å²) >= 11 is 0. The van der Waals surface area contributed by atoms with Gasteiger partial charge in [0.15, 0.2) is 0 Å². The van der Waals surface area contributed by atoms with E-state index in [0.717, 1.165) is 0 Å². The number of ether oxygens (including phenoxy) is 2. The minimum atomic E-state index is -0.979. The number of esters is 2. The van der Waals surface area contributed by atoms with Crippen LogP contribution in [0.4, 0.5) is 0 Å². The van der Waals surface area contributed by atoms with Gasteiger partial charge in [0.05, 0.1) is 0 Å². The summed E-state index contributed by atoms with van der Waals surface area (Å²) in [5.74, 6) is -0.955. The van der Waals surface area contributed by atoms with E-state index in [1.54, 1.807) is 0 Å². The third-order valence-electron chi connectivity index (χ3n) is 1.35. The zero-order valence-corrected chi connectivity index (χ0v) is 7.94. The molecular weight excluding hydrogens is 176 g/mol. The number of carbonyl (C=O) groups excluding carboxylic acids is 2. The third kappa shape index (κ3) is 6.10. The fraction of sp³-hybridized carbons (Fsp3) is 0.750. The lowest BCUT2D eigenvalue weighted by molar-refractivity contribution is -0.156. The van der Waals surface area contributed by atoms with Crippen LogP contribution in [-0.2, 0) is 19.1 Å². The maximum atomic E-state index is 10.5. The molecule has 0 aliphatic heterocycles. The highest BCUT2D eigenvalue weighted by Crippen LogP contribution is 2.00. The van der Waals surface area contributed by atoms with Gasteiger partial charge < -0.3 is 14.6 Å². The van der Waals surface area contributed by atoms with Gasteiger partial charge in [-0.25, -0.2) is 0 Å². The van der Waals surface area contributed by atoms with Gasteiger partial charge in [0.1, 0.15) is 18.8 Å². The maximum Gasteiger partial charge on any atom is 0.302 e. The summed E-state index contributed by atoms with van der Waals surface area (Å²) in [6.07, 6.45) is -1.65. The predicted octanol–water partition coefficient (Wildman–Crippen LogP) is -0.138. The second-order valence-corrected chi connectivity index (χ2v) is 2.68. The summed E-state index contributed by atoms with van der Waals surface area (Å²) in [5.41, 5.74) is 0. The quantitative estimate of drug-likeness (QED) is 0.625. The summed E-state index contributed by atoms with van der Waals surface area (Å²) in [5, 5.41) is 9.26.